The Bertz CT molecular complexity index is 937. The van der Waals surface area contributed by atoms with E-state index in [-0.39, 0.29) is 17.2 Å². The number of fused-ring (bicyclic) bond motifs is 1. The first-order valence-electron chi connectivity index (χ1n) is 9.02. The fourth-order valence-corrected chi connectivity index (χ4v) is 4.10. The molecule has 2 aromatic rings. The summed E-state index contributed by atoms with van der Waals surface area (Å²) in [7, 11) is -2.02. The third-order valence-corrected chi connectivity index (χ3v) is 6.01. The van der Waals surface area contributed by atoms with Crippen LogP contribution >= 0.6 is 0 Å². The average Bonchev–Trinajstić information content (AvgIpc) is 2.90. The number of benzene rings is 2. The Hall–Kier alpha value is -2.54. The summed E-state index contributed by atoms with van der Waals surface area (Å²) in [5.41, 5.74) is 2.95. The van der Waals surface area contributed by atoms with Crippen LogP contribution in [0.15, 0.2) is 47.4 Å². The molecule has 1 heterocycles. The number of nitrogens with one attached hydrogen (secondary N) is 2. The number of hydrogen-bond acceptors (Lipinski definition) is 4. The average molecular weight is 388 g/mol. The number of likely N-dealkylation sites (N-methyl/N-ethyl adjacent to an activating group) is 1. The molecule has 0 saturated carbocycles. The smallest absolute Gasteiger partial charge is 0.261 e. The van der Waals surface area contributed by atoms with Crippen LogP contribution in [0, 0.1) is 5.92 Å². The minimum atomic E-state index is -3.71. The molecule has 0 aliphatic carbocycles. The minimum Gasteiger partial charge on any atom is -0.385 e. The Balaban J connectivity index is 1.70. The van der Waals surface area contributed by atoms with Gasteiger partial charge in [-0.2, -0.15) is 0 Å². The number of hydrogen-bond donors (Lipinski definition) is 2. The van der Waals surface area contributed by atoms with Crippen molar-refractivity contribution in [2.45, 2.75) is 31.6 Å². The molecule has 0 radical (unpaired) electrons. The molecule has 0 aromatic heterocycles. The van der Waals surface area contributed by atoms with E-state index in [1.165, 1.54) is 6.07 Å². The zero-order valence-electron chi connectivity index (χ0n) is 15.8. The van der Waals surface area contributed by atoms with Gasteiger partial charge in [0.2, 0.25) is 5.91 Å². The van der Waals surface area contributed by atoms with Crippen molar-refractivity contribution in [1.29, 1.82) is 0 Å². The molecule has 6 nitrogen and oxygen atoms in total. The second-order valence-corrected chi connectivity index (χ2v) is 8.89. The molecular formula is C20H25N3O3S. The van der Waals surface area contributed by atoms with E-state index >= 15 is 0 Å². The normalized spacial score (nSPS) is 13.8. The van der Waals surface area contributed by atoms with Gasteiger partial charge >= 0.3 is 0 Å². The van der Waals surface area contributed by atoms with Crippen LogP contribution in [0.2, 0.25) is 0 Å². The molecule has 1 aliphatic rings. The number of carbonyl (C=O) groups is 1. The van der Waals surface area contributed by atoms with Gasteiger partial charge in [-0.15, -0.1) is 0 Å². The molecule has 1 aliphatic heterocycles. The van der Waals surface area contributed by atoms with E-state index in [1.54, 1.807) is 36.2 Å². The summed E-state index contributed by atoms with van der Waals surface area (Å²) in [5, 5.41) is 3.32. The summed E-state index contributed by atoms with van der Waals surface area (Å²) in [6.07, 6.45) is 1.30. The molecule has 0 bridgehead atoms. The first-order valence-corrected chi connectivity index (χ1v) is 10.5. The van der Waals surface area contributed by atoms with E-state index in [2.05, 4.69) is 23.9 Å². The highest BCUT2D eigenvalue weighted by Crippen LogP contribution is 2.30. The van der Waals surface area contributed by atoms with Crippen molar-refractivity contribution in [3.8, 4) is 0 Å². The van der Waals surface area contributed by atoms with Crippen LogP contribution in [0.3, 0.4) is 0 Å². The molecule has 0 spiro atoms. The summed E-state index contributed by atoms with van der Waals surface area (Å²) >= 11 is 0. The fraction of sp³-hybridized carbons (Fsp3) is 0.350. The monoisotopic (exact) mass is 387 g/mol. The number of anilines is 3. The highest BCUT2D eigenvalue weighted by atomic mass is 32.2. The Labute approximate surface area is 160 Å². The number of nitrogens with zero attached hydrogens (tertiary/aromatic N) is 1. The second kappa shape index (κ2) is 7.60. The van der Waals surface area contributed by atoms with E-state index in [1.807, 2.05) is 12.1 Å². The van der Waals surface area contributed by atoms with Crippen LogP contribution in [-0.2, 0) is 21.2 Å². The van der Waals surface area contributed by atoms with Crippen LogP contribution in [0.1, 0.15) is 25.8 Å². The van der Waals surface area contributed by atoms with Crippen LogP contribution < -0.4 is 14.9 Å². The van der Waals surface area contributed by atoms with Crippen LogP contribution in [0.5, 0.6) is 0 Å². The van der Waals surface area contributed by atoms with Gasteiger partial charge in [-0.25, -0.2) is 8.42 Å². The Morgan fingerprint density at radius 3 is 2.41 bits per heavy atom. The van der Waals surface area contributed by atoms with Crippen molar-refractivity contribution in [1.82, 2.24) is 0 Å². The highest BCUT2D eigenvalue weighted by molar-refractivity contribution is 7.92. The van der Waals surface area contributed by atoms with Crippen molar-refractivity contribution < 1.29 is 13.2 Å². The molecule has 0 saturated heterocycles. The lowest BCUT2D eigenvalue weighted by atomic mass is 10.1. The molecule has 0 fully saturated rings. The molecule has 144 valence electrons. The maximum Gasteiger partial charge on any atom is 0.261 e. The third kappa shape index (κ3) is 4.42. The van der Waals surface area contributed by atoms with E-state index < -0.39 is 10.0 Å². The number of carbonyl (C=O) groups excluding carboxylic acids is 1. The molecule has 2 aromatic carbocycles. The lowest BCUT2D eigenvalue weighted by molar-refractivity contribution is -0.117. The number of amides is 1. The standard InChI is InChI=1S/C20H25N3O3S/c1-14(2)10-11-21-16-4-6-17(7-5-16)22-27(25,26)18-8-9-19-15(12-18)13-20(24)23(19)3/h4-9,12,14,21-22H,10-11,13H2,1-3H3. The van der Waals surface area contributed by atoms with Gasteiger partial charge in [-0.1, -0.05) is 13.8 Å². The predicted octanol–water partition coefficient (Wildman–Crippen LogP) is 3.46. The van der Waals surface area contributed by atoms with Crippen molar-refractivity contribution in [2.24, 2.45) is 5.92 Å². The summed E-state index contributed by atoms with van der Waals surface area (Å²) in [6, 6.07) is 12.0. The molecular weight excluding hydrogens is 362 g/mol. The number of rotatable bonds is 7. The molecule has 2 N–H and O–H groups in total. The Kier molecular flexibility index (Phi) is 5.41. The first-order chi connectivity index (χ1) is 12.8. The SMILES string of the molecule is CC(C)CCNc1ccc(NS(=O)(=O)c2ccc3c(c2)CC(=O)N3C)cc1. The van der Waals surface area contributed by atoms with Crippen molar-refractivity contribution in [3.63, 3.8) is 0 Å². The zero-order chi connectivity index (χ0) is 19.6. The quantitative estimate of drug-likeness (QED) is 0.763. The maximum atomic E-state index is 12.7. The molecule has 1 amide bonds. The Morgan fingerprint density at radius 1 is 1.07 bits per heavy atom. The summed E-state index contributed by atoms with van der Waals surface area (Å²) in [6.45, 7) is 5.23. The third-order valence-electron chi connectivity index (χ3n) is 4.63. The van der Waals surface area contributed by atoms with Crippen molar-refractivity contribution >= 4 is 33.0 Å². The van der Waals surface area contributed by atoms with E-state index in [0.29, 0.717) is 11.6 Å². The van der Waals surface area contributed by atoms with E-state index in [0.717, 1.165) is 29.9 Å². The fourth-order valence-electron chi connectivity index (χ4n) is 2.99. The molecule has 3 rings (SSSR count). The molecule has 7 heteroatoms. The van der Waals surface area contributed by atoms with Crippen molar-refractivity contribution in [2.75, 3.05) is 28.5 Å². The van der Waals surface area contributed by atoms with Gasteiger partial charge in [-0.05, 0) is 60.4 Å². The van der Waals surface area contributed by atoms with Crippen LogP contribution in [0.4, 0.5) is 17.1 Å². The van der Waals surface area contributed by atoms with E-state index in [4.69, 9.17) is 0 Å². The minimum absolute atomic E-state index is 0.0342. The summed E-state index contributed by atoms with van der Waals surface area (Å²) in [4.78, 5) is 13.5. The summed E-state index contributed by atoms with van der Waals surface area (Å²) in [5.74, 6) is 0.596. The van der Waals surface area contributed by atoms with Gasteiger partial charge in [0.05, 0.1) is 11.3 Å². The van der Waals surface area contributed by atoms with Crippen LogP contribution in [-0.4, -0.2) is 27.9 Å². The maximum absolute atomic E-state index is 12.7. The predicted molar refractivity (Wildman–Crippen MR) is 109 cm³/mol. The largest absolute Gasteiger partial charge is 0.385 e. The highest BCUT2D eigenvalue weighted by Gasteiger charge is 2.26. The topological polar surface area (TPSA) is 78.5 Å². The van der Waals surface area contributed by atoms with Crippen molar-refractivity contribution in [3.05, 3.63) is 48.0 Å². The zero-order valence-corrected chi connectivity index (χ0v) is 16.6. The lowest BCUT2D eigenvalue weighted by Gasteiger charge is -2.13. The van der Waals surface area contributed by atoms with Crippen LogP contribution in [0.25, 0.3) is 0 Å². The Morgan fingerprint density at radius 2 is 1.74 bits per heavy atom. The molecule has 27 heavy (non-hydrogen) atoms. The molecule has 0 atom stereocenters. The van der Waals surface area contributed by atoms with Gasteiger partial charge in [0.15, 0.2) is 0 Å². The first kappa shape index (κ1) is 19.2. The van der Waals surface area contributed by atoms with Gasteiger partial charge in [0, 0.05) is 30.7 Å². The van der Waals surface area contributed by atoms with Gasteiger partial charge in [-0.3, -0.25) is 9.52 Å². The van der Waals surface area contributed by atoms with Gasteiger partial charge in [0.25, 0.3) is 10.0 Å². The van der Waals surface area contributed by atoms with Gasteiger partial charge < -0.3 is 10.2 Å². The summed E-state index contributed by atoms with van der Waals surface area (Å²) < 4.78 is 27.9. The second-order valence-electron chi connectivity index (χ2n) is 7.21. The molecule has 0 unspecified atom stereocenters. The lowest BCUT2D eigenvalue weighted by Crippen LogP contribution is -2.20. The van der Waals surface area contributed by atoms with E-state index in [9.17, 15) is 13.2 Å². The number of sulfonamides is 1. The van der Waals surface area contributed by atoms with Gasteiger partial charge in [0.1, 0.15) is 0 Å².